The number of aromatic nitrogens is 2. The number of hydrogen-bond donors (Lipinski definition) is 0. The topological polar surface area (TPSA) is 65.9 Å². The maximum absolute atomic E-state index is 5.89. The normalized spacial score (nSPS) is 22.5. The first-order chi connectivity index (χ1) is 17.2. The minimum Gasteiger partial charge on any atom is -0.493 e. The van der Waals surface area contributed by atoms with Crippen LogP contribution in [0.15, 0.2) is 30.3 Å². The molecule has 0 spiro atoms. The van der Waals surface area contributed by atoms with E-state index in [1.165, 1.54) is 12.8 Å². The molecule has 0 radical (unpaired) electrons. The van der Waals surface area contributed by atoms with Crippen molar-refractivity contribution < 1.29 is 18.9 Å². The Labute approximate surface area is 213 Å². The van der Waals surface area contributed by atoms with Gasteiger partial charge in [0.1, 0.15) is 5.82 Å². The monoisotopic (exact) mass is 491 g/mol. The first-order valence-corrected chi connectivity index (χ1v) is 12.7. The zero-order valence-corrected chi connectivity index (χ0v) is 22.5. The smallest absolute Gasteiger partial charge is 0.163 e. The molecule has 1 aromatic heterocycles. The van der Waals surface area contributed by atoms with Crippen molar-refractivity contribution in [2.24, 2.45) is 10.8 Å². The van der Waals surface area contributed by atoms with Crippen LogP contribution in [-0.2, 0) is 0 Å². The summed E-state index contributed by atoms with van der Waals surface area (Å²) in [6.45, 7) is 10.7. The maximum atomic E-state index is 5.89. The van der Waals surface area contributed by atoms with Crippen LogP contribution in [-0.4, -0.2) is 50.5 Å². The summed E-state index contributed by atoms with van der Waals surface area (Å²) >= 11 is 0. The van der Waals surface area contributed by atoms with Gasteiger partial charge < -0.3 is 23.8 Å². The van der Waals surface area contributed by atoms with E-state index >= 15 is 0 Å². The number of hydrogen-bond acceptors (Lipinski definition) is 7. The molecular weight excluding hydrogens is 454 g/mol. The van der Waals surface area contributed by atoms with E-state index in [-0.39, 0.29) is 5.41 Å². The highest BCUT2D eigenvalue weighted by Crippen LogP contribution is 2.54. The molecule has 2 aliphatic rings. The van der Waals surface area contributed by atoms with Crippen molar-refractivity contribution in [1.82, 2.24) is 9.97 Å². The van der Waals surface area contributed by atoms with Gasteiger partial charge in [0.25, 0.3) is 0 Å². The van der Waals surface area contributed by atoms with E-state index < -0.39 is 0 Å². The molecule has 1 aliphatic heterocycles. The first-order valence-electron chi connectivity index (χ1n) is 12.7. The summed E-state index contributed by atoms with van der Waals surface area (Å²) in [5.74, 6) is 4.31. The molecule has 0 unspecified atom stereocenters. The second kappa shape index (κ2) is 9.02. The molecule has 7 heteroatoms. The molecule has 2 aromatic carbocycles. The highest BCUT2D eigenvalue weighted by Gasteiger charge is 2.50. The van der Waals surface area contributed by atoms with Gasteiger partial charge in [0.2, 0.25) is 0 Å². The summed E-state index contributed by atoms with van der Waals surface area (Å²) in [7, 11) is 4.95. The third-order valence-corrected chi connectivity index (χ3v) is 7.59. The Morgan fingerprint density at radius 1 is 0.889 bits per heavy atom. The van der Waals surface area contributed by atoms with Crippen LogP contribution in [0, 0.1) is 10.8 Å². The summed E-state index contributed by atoms with van der Waals surface area (Å²) < 4.78 is 22.6. The zero-order valence-electron chi connectivity index (χ0n) is 22.5. The van der Waals surface area contributed by atoms with Crippen LogP contribution in [0.5, 0.6) is 23.0 Å². The fourth-order valence-electron chi connectivity index (χ4n) is 6.58. The summed E-state index contributed by atoms with van der Waals surface area (Å²) in [5, 5.41) is 0.980. The van der Waals surface area contributed by atoms with Crippen LogP contribution in [0.3, 0.4) is 0 Å². The molecule has 36 heavy (non-hydrogen) atoms. The largest absolute Gasteiger partial charge is 0.493 e. The van der Waals surface area contributed by atoms with Crippen molar-refractivity contribution in [3.8, 4) is 34.4 Å². The van der Waals surface area contributed by atoms with Gasteiger partial charge in [-0.2, -0.15) is 0 Å². The van der Waals surface area contributed by atoms with Crippen LogP contribution in [0.2, 0.25) is 0 Å². The molecule has 2 bridgehead atoms. The second-order valence-corrected chi connectivity index (χ2v) is 11.2. The average Bonchev–Trinajstić information content (AvgIpc) is 3.10. The predicted molar refractivity (Wildman–Crippen MR) is 143 cm³/mol. The lowest BCUT2D eigenvalue weighted by Crippen LogP contribution is -2.35. The molecule has 1 saturated carbocycles. The fourth-order valence-corrected chi connectivity index (χ4v) is 6.58. The number of fused-ring (bicyclic) bond motifs is 3. The lowest BCUT2D eigenvalue weighted by atomic mass is 9.65. The highest BCUT2D eigenvalue weighted by molar-refractivity contribution is 5.94. The minimum absolute atomic E-state index is 0.266. The molecule has 1 saturated heterocycles. The Balaban J connectivity index is 1.71. The van der Waals surface area contributed by atoms with Gasteiger partial charge in [-0.15, -0.1) is 0 Å². The van der Waals surface area contributed by atoms with Gasteiger partial charge in [-0.25, -0.2) is 9.97 Å². The molecule has 2 heterocycles. The third kappa shape index (κ3) is 4.29. The molecule has 3 aromatic rings. The molecule has 192 valence electrons. The van der Waals surface area contributed by atoms with E-state index in [2.05, 4.69) is 25.7 Å². The second-order valence-electron chi connectivity index (χ2n) is 11.2. The summed E-state index contributed by atoms with van der Waals surface area (Å²) in [6.07, 6.45) is 3.55. The van der Waals surface area contributed by atoms with Crippen molar-refractivity contribution in [2.45, 2.75) is 53.0 Å². The van der Waals surface area contributed by atoms with Gasteiger partial charge in [-0.05, 0) is 61.3 Å². The Kier molecular flexibility index (Phi) is 6.13. The highest BCUT2D eigenvalue weighted by atomic mass is 16.5. The molecule has 5 rings (SSSR count). The van der Waals surface area contributed by atoms with Crippen LogP contribution < -0.4 is 23.8 Å². The third-order valence-electron chi connectivity index (χ3n) is 7.59. The summed E-state index contributed by atoms with van der Waals surface area (Å²) in [4.78, 5) is 12.7. The summed E-state index contributed by atoms with van der Waals surface area (Å²) in [6, 6.07) is 10.3. The Bertz CT molecular complexity index is 1290. The van der Waals surface area contributed by atoms with E-state index in [9.17, 15) is 0 Å². The molecular formula is C29H37N3O4. The average molecular weight is 492 g/mol. The molecule has 7 nitrogen and oxygen atoms in total. The van der Waals surface area contributed by atoms with E-state index in [4.69, 9.17) is 28.9 Å². The van der Waals surface area contributed by atoms with Gasteiger partial charge >= 0.3 is 0 Å². The van der Waals surface area contributed by atoms with Crippen molar-refractivity contribution in [2.75, 3.05) is 39.4 Å². The molecule has 0 N–H and O–H groups in total. The van der Waals surface area contributed by atoms with E-state index in [0.717, 1.165) is 35.2 Å². The molecule has 2 atom stereocenters. The van der Waals surface area contributed by atoms with Gasteiger partial charge in [-0.1, -0.05) is 20.8 Å². The van der Waals surface area contributed by atoms with Crippen molar-refractivity contribution in [1.29, 1.82) is 0 Å². The van der Waals surface area contributed by atoms with Gasteiger partial charge in [-0.3, -0.25) is 0 Å². The first kappa shape index (κ1) is 24.5. The Hall–Kier alpha value is -3.22. The van der Waals surface area contributed by atoms with Crippen LogP contribution in [0.1, 0.15) is 47.0 Å². The van der Waals surface area contributed by atoms with Crippen molar-refractivity contribution in [3.63, 3.8) is 0 Å². The fraction of sp³-hybridized carbons (Fsp3) is 0.517. The Morgan fingerprint density at radius 3 is 2.31 bits per heavy atom. The van der Waals surface area contributed by atoms with Gasteiger partial charge in [0, 0.05) is 29.6 Å². The lowest BCUT2D eigenvalue weighted by Gasteiger charge is -2.39. The predicted octanol–water partition coefficient (Wildman–Crippen LogP) is 6.13. The maximum Gasteiger partial charge on any atom is 0.163 e. The molecule has 0 amide bonds. The quantitative estimate of drug-likeness (QED) is 0.394. The summed E-state index contributed by atoms with van der Waals surface area (Å²) in [5.41, 5.74) is 2.28. The van der Waals surface area contributed by atoms with Crippen LogP contribution >= 0.6 is 0 Å². The number of ether oxygens (including phenoxy) is 4. The van der Waals surface area contributed by atoms with E-state index in [1.54, 1.807) is 21.3 Å². The zero-order chi connectivity index (χ0) is 25.7. The number of methoxy groups -OCH3 is 3. The van der Waals surface area contributed by atoms with E-state index in [0.29, 0.717) is 46.9 Å². The number of benzene rings is 2. The standard InChI is InChI=1S/C29H37N3O4/c1-8-36-25-13-21-20(12-24(25)35-7)27(32-17-29(4)15-19(32)14-28(2,3)16-29)31-26(30-21)18-9-10-22(33-5)23(11-18)34-6/h9-13,19H,8,14-17H2,1-7H3/t19-,29+/m0/s1. The Morgan fingerprint density at radius 2 is 1.61 bits per heavy atom. The minimum atomic E-state index is 0.266. The van der Waals surface area contributed by atoms with E-state index in [1.807, 2.05) is 37.3 Å². The number of nitrogens with zero attached hydrogens (tertiary/aromatic N) is 3. The lowest BCUT2D eigenvalue weighted by molar-refractivity contribution is 0.136. The van der Waals surface area contributed by atoms with Crippen molar-refractivity contribution in [3.05, 3.63) is 30.3 Å². The SMILES string of the molecule is CCOc1cc2nc(-c3ccc(OC)c(OC)c3)nc(N3C[C@]4(C)C[C@@H]3CC(C)(C)C4)c2cc1OC. The van der Waals surface area contributed by atoms with Gasteiger partial charge in [0.05, 0.1) is 33.5 Å². The van der Waals surface area contributed by atoms with Crippen LogP contribution in [0.4, 0.5) is 5.82 Å². The molecule has 1 aliphatic carbocycles. The number of anilines is 1. The van der Waals surface area contributed by atoms with Crippen molar-refractivity contribution >= 4 is 16.7 Å². The van der Waals surface area contributed by atoms with Gasteiger partial charge in [0.15, 0.2) is 28.8 Å². The number of rotatable bonds is 7. The van der Waals surface area contributed by atoms with Crippen LogP contribution in [0.25, 0.3) is 22.3 Å². The molecule has 2 fully saturated rings.